The van der Waals surface area contributed by atoms with Crippen molar-refractivity contribution in [2.45, 2.75) is 0 Å². The van der Waals surface area contributed by atoms with Crippen LogP contribution in [0, 0.1) is 0 Å². The number of benzene rings is 1. The average Bonchev–Trinajstić information content (AvgIpc) is 2.41. The largest absolute Gasteiger partial charge is 0.311 e. The number of pyridine rings is 1. The van der Waals surface area contributed by atoms with Gasteiger partial charge in [-0.2, -0.15) is 0 Å². The van der Waals surface area contributed by atoms with E-state index in [0.29, 0.717) is 10.6 Å². The Bertz CT molecular complexity index is 574. The van der Waals surface area contributed by atoms with Gasteiger partial charge in [0.1, 0.15) is 0 Å². The molecular weight excluding hydrogens is 316 g/mol. The summed E-state index contributed by atoms with van der Waals surface area (Å²) in [4.78, 5) is 17.7. The van der Waals surface area contributed by atoms with Gasteiger partial charge in [-0.15, -0.1) is 0 Å². The van der Waals surface area contributed by atoms with Crippen molar-refractivity contribution in [1.29, 1.82) is 0 Å². The third-order valence-electron chi connectivity index (χ3n) is 2.52. The minimum Gasteiger partial charge on any atom is -0.311 e. The summed E-state index contributed by atoms with van der Waals surface area (Å²) in [6, 6.07) is 8.69. The van der Waals surface area contributed by atoms with Gasteiger partial charge in [-0.3, -0.25) is 9.78 Å². The van der Waals surface area contributed by atoms with E-state index < -0.39 is 0 Å². The van der Waals surface area contributed by atoms with Crippen molar-refractivity contribution in [2.75, 3.05) is 11.9 Å². The second kappa shape index (κ2) is 5.50. The van der Waals surface area contributed by atoms with Crippen molar-refractivity contribution >= 4 is 39.1 Å². The molecule has 1 heterocycles. The van der Waals surface area contributed by atoms with Crippen LogP contribution in [0.3, 0.4) is 0 Å². The molecule has 2 rings (SSSR count). The van der Waals surface area contributed by atoms with Crippen LogP contribution in [0.2, 0.25) is 5.02 Å². The van der Waals surface area contributed by atoms with Gasteiger partial charge in [0.15, 0.2) is 0 Å². The van der Waals surface area contributed by atoms with Crippen molar-refractivity contribution in [2.24, 2.45) is 0 Å². The minimum absolute atomic E-state index is 0.115. The molecule has 0 bridgehead atoms. The third kappa shape index (κ3) is 2.71. The zero-order chi connectivity index (χ0) is 13.1. The first-order valence-corrected chi connectivity index (χ1v) is 6.40. The Morgan fingerprint density at radius 1 is 1.28 bits per heavy atom. The zero-order valence-corrected chi connectivity index (χ0v) is 11.9. The van der Waals surface area contributed by atoms with Crippen LogP contribution < -0.4 is 4.90 Å². The van der Waals surface area contributed by atoms with Gasteiger partial charge in [0.25, 0.3) is 5.91 Å². The summed E-state index contributed by atoms with van der Waals surface area (Å²) >= 11 is 9.28. The van der Waals surface area contributed by atoms with E-state index in [1.807, 2.05) is 0 Å². The molecule has 0 radical (unpaired) electrons. The maximum absolute atomic E-state index is 12.2. The number of aromatic nitrogens is 1. The number of carbonyl (C=O) groups excluding carboxylic acids is 1. The lowest BCUT2D eigenvalue weighted by Gasteiger charge is -2.17. The van der Waals surface area contributed by atoms with E-state index in [4.69, 9.17) is 11.6 Å². The SMILES string of the molecule is CN(C(=O)c1ccc(Br)c(Cl)c1)c1ccncc1. The normalized spacial score (nSPS) is 10.2. The molecule has 1 amide bonds. The van der Waals surface area contributed by atoms with E-state index in [9.17, 15) is 4.79 Å². The Kier molecular flexibility index (Phi) is 3.99. The lowest BCUT2D eigenvalue weighted by Crippen LogP contribution is -2.26. The average molecular weight is 326 g/mol. The second-order valence-corrected chi connectivity index (χ2v) is 4.96. The molecular formula is C13H10BrClN2O. The molecule has 0 saturated heterocycles. The van der Waals surface area contributed by atoms with Gasteiger partial charge in [-0.25, -0.2) is 0 Å². The summed E-state index contributed by atoms with van der Waals surface area (Å²) in [6.07, 6.45) is 3.29. The second-order valence-electron chi connectivity index (χ2n) is 3.70. The van der Waals surface area contributed by atoms with Crippen LogP contribution in [-0.2, 0) is 0 Å². The lowest BCUT2D eigenvalue weighted by molar-refractivity contribution is 0.0993. The molecule has 5 heteroatoms. The molecule has 0 spiro atoms. The Labute approximate surface area is 119 Å². The Hall–Kier alpha value is -1.39. The molecule has 1 aromatic carbocycles. The topological polar surface area (TPSA) is 33.2 Å². The van der Waals surface area contributed by atoms with Gasteiger partial charge < -0.3 is 4.90 Å². The summed E-state index contributed by atoms with van der Waals surface area (Å²) in [6.45, 7) is 0. The summed E-state index contributed by atoms with van der Waals surface area (Å²) in [5.41, 5.74) is 1.33. The van der Waals surface area contributed by atoms with Gasteiger partial charge in [-0.1, -0.05) is 11.6 Å². The number of hydrogen-bond donors (Lipinski definition) is 0. The van der Waals surface area contributed by atoms with E-state index in [1.165, 1.54) is 0 Å². The highest BCUT2D eigenvalue weighted by Crippen LogP contribution is 2.24. The first-order valence-electron chi connectivity index (χ1n) is 5.22. The number of anilines is 1. The molecule has 0 fully saturated rings. The molecule has 2 aromatic rings. The van der Waals surface area contributed by atoms with Crippen molar-refractivity contribution in [3.05, 3.63) is 57.8 Å². The van der Waals surface area contributed by atoms with Crippen LogP contribution in [0.15, 0.2) is 47.2 Å². The fraction of sp³-hybridized carbons (Fsp3) is 0.0769. The molecule has 0 atom stereocenters. The molecule has 1 aromatic heterocycles. The highest BCUT2D eigenvalue weighted by atomic mass is 79.9. The number of rotatable bonds is 2. The summed E-state index contributed by atoms with van der Waals surface area (Å²) in [5.74, 6) is -0.115. The number of hydrogen-bond acceptors (Lipinski definition) is 2. The Morgan fingerprint density at radius 2 is 1.94 bits per heavy atom. The maximum Gasteiger partial charge on any atom is 0.258 e. The lowest BCUT2D eigenvalue weighted by atomic mass is 10.2. The smallest absolute Gasteiger partial charge is 0.258 e. The first kappa shape index (κ1) is 13.1. The van der Waals surface area contributed by atoms with Crippen LogP contribution in [0.1, 0.15) is 10.4 Å². The minimum atomic E-state index is -0.115. The van der Waals surface area contributed by atoms with Gasteiger partial charge in [0.05, 0.1) is 5.02 Å². The molecule has 0 aliphatic carbocycles. The van der Waals surface area contributed by atoms with Crippen LogP contribution in [-0.4, -0.2) is 17.9 Å². The predicted molar refractivity (Wildman–Crippen MR) is 76.1 cm³/mol. The highest BCUT2D eigenvalue weighted by molar-refractivity contribution is 9.10. The number of halogens is 2. The van der Waals surface area contributed by atoms with Crippen molar-refractivity contribution < 1.29 is 4.79 Å². The monoisotopic (exact) mass is 324 g/mol. The van der Waals surface area contributed by atoms with Crippen molar-refractivity contribution in [3.63, 3.8) is 0 Å². The first-order chi connectivity index (χ1) is 8.59. The van der Waals surface area contributed by atoms with Crippen LogP contribution in [0.4, 0.5) is 5.69 Å². The molecule has 0 saturated carbocycles. The highest BCUT2D eigenvalue weighted by Gasteiger charge is 2.14. The van der Waals surface area contributed by atoms with Crippen molar-refractivity contribution in [3.8, 4) is 0 Å². The van der Waals surface area contributed by atoms with E-state index >= 15 is 0 Å². The number of carbonyl (C=O) groups is 1. The van der Waals surface area contributed by atoms with E-state index in [2.05, 4.69) is 20.9 Å². The number of nitrogens with zero attached hydrogens (tertiary/aromatic N) is 2. The fourth-order valence-electron chi connectivity index (χ4n) is 1.51. The van der Waals surface area contributed by atoms with Crippen LogP contribution in [0.5, 0.6) is 0 Å². The molecule has 0 aliphatic heterocycles. The standard InChI is InChI=1S/C13H10BrClN2O/c1-17(10-4-6-16-7-5-10)13(18)9-2-3-11(14)12(15)8-9/h2-8H,1H3. The Morgan fingerprint density at radius 3 is 2.56 bits per heavy atom. The molecule has 18 heavy (non-hydrogen) atoms. The third-order valence-corrected chi connectivity index (χ3v) is 3.75. The molecule has 0 aliphatic rings. The summed E-state index contributed by atoms with van der Waals surface area (Å²) in [7, 11) is 1.72. The van der Waals surface area contributed by atoms with Crippen LogP contribution >= 0.6 is 27.5 Å². The fourth-order valence-corrected chi connectivity index (χ4v) is 1.93. The van der Waals surface area contributed by atoms with Gasteiger partial charge >= 0.3 is 0 Å². The summed E-state index contributed by atoms with van der Waals surface area (Å²) in [5, 5.41) is 0.518. The predicted octanol–water partition coefficient (Wildman–Crippen LogP) is 3.77. The van der Waals surface area contributed by atoms with Gasteiger partial charge in [0, 0.05) is 35.2 Å². The van der Waals surface area contributed by atoms with E-state index in [1.54, 1.807) is 54.7 Å². The van der Waals surface area contributed by atoms with Gasteiger partial charge in [-0.05, 0) is 46.3 Å². The summed E-state index contributed by atoms with van der Waals surface area (Å²) < 4.78 is 0.771. The van der Waals surface area contributed by atoms with Crippen LogP contribution in [0.25, 0.3) is 0 Å². The molecule has 0 N–H and O–H groups in total. The zero-order valence-electron chi connectivity index (χ0n) is 9.60. The Balaban J connectivity index is 2.29. The molecule has 92 valence electrons. The van der Waals surface area contributed by atoms with E-state index in [0.717, 1.165) is 10.2 Å². The van der Waals surface area contributed by atoms with Gasteiger partial charge in [0.2, 0.25) is 0 Å². The van der Waals surface area contributed by atoms with E-state index in [-0.39, 0.29) is 5.91 Å². The molecule has 0 unspecified atom stereocenters. The van der Waals surface area contributed by atoms with Crippen molar-refractivity contribution in [1.82, 2.24) is 4.98 Å². The maximum atomic E-state index is 12.2. The quantitative estimate of drug-likeness (QED) is 0.842. The molecule has 3 nitrogen and oxygen atoms in total. The number of amides is 1.